The molecule has 4 saturated heterocycles. The number of carbonyl (C=O) groups is 3. The molecule has 2 unspecified atom stereocenters. The van der Waals surface area contributed by atoms with E-state index in [9.17, 15) is 19.5 Å². The van der Waals surface area contributed by atoms with Gasteiger partial charge >= 0.3 is 0 Å². The van der Waals surface area contributed by atoms with Crippen molar-refractivity contribution in [1.29, 1.82) is 0 Å². The smallest absolute Gasteiger partial charge is 0.270 e. The molecule has 0 radical (unpaired) electrons. The summed E-state index contributed by atoms with van der Waals surface area (Å²) in [5.41, 5.74) is 13.8. The minimum absolute atomic E-state index is 0.0278. The highest BCUT2D eigenvalue weighted by Gasteiger charge is 2.28. The number of ether oxygens (including phenoxy) is 3. The number of hydrogen-bond donors (Lipinski definition) is 7. The van der Waals surface area contributed by atoms with Crippen LogP contribution in [0.4, 0.5) is 34.9 Å². The van der Waals surface area contributed by atoms with E-state index in [-0.39, 0.29) is 35.8 Å². The van der Waals surface area contributed by atoms with Crippen molar-refractivity contribution in [3.05, 3.63) is 217 Å². The molecule has 9 aromatic heterocycles. The lowest BCUT2D eigenvalue weighted by Crippen LogP contribution is -2.47. The molecule has 4 aliphatic heterocycles. The first-order valence-corrected chi connectivity index (χ1v) is 41.7. The molecule has 0 bridgehead atoms. The van der Waals surface area contributed by atoms with Crippen LogP contribution in [0.2, 0.25) is 0 Å². The van der Waals surface area contributed by atoms with Gasteiger partial charge in [0.1, 0.15) is 53.1 Å². The summed E-state index contributed by atoms with van der Waals surface area (Å²) in [5.74, 6) is 3.62. The lowest BCUT2D eigenvalue weighted by molar-refractivity contribution is 0.0617. The number of nitrogens with one attached hydrogen (secondary N) is 6. The molecule has 0 saturated carbocycles. The van der Waals surface area contributed by atoms with Crippen molar-refractivity contribution in [3.63, 3.8) is 0 Å². The summed E-state index contributed by atoms with van der Waals surface area (Å²) in [6.45, 7) is 19.7. The van der Waals surface area contributed by atoms with E-state index in [1.165, 1.54) is 30.4 Å². The largest absolute Gasteiger partial charge is 0.493 e. The monoisotopic (exact) mass is 1630 g/mol. The Kier molecular flexibility index (Phi) is 25.5. The normalized spacial score (nSPS) is 16.5. The number of anilines is 6. The number of aromatic amines is 3. The molecule has 4 aromatic carbocycles. The molecular formula is C92H104N22O7. The van der Waals surface area contributed by atoms with Crippen LogP contribution in [0.5, 0.6) is 17.2 Å². The minimum atomic E-state index is -0.548. The molecule has 4 fully saturated rings. The molecule has 0 spiro atoms. The van der Waals surface area contributed by atoms with Gasteiger partial charge in [-0.15, -0.1) is 0 Å². The molecule has 13 aromatic rings. The van der Waals surface area contributed by atoms with Gasteiger partial charge in [-0.3, -0.25) is 29.3 Å². The third-order valence-electron chi connectivity index (χ3n) is 22.3. The van der Waals surface area contributed by atoms with Crippen molar-refractivity contribution in [2.24, 2.45) is 5.41 Å². The Labute approximate surface area is 703 Å². The molecule has 7 N–H and O–H groups in total. The summed E-state index contributed by atoms with van der Waals surface area (Å²) >= 11 is 0. The molecular weight excluding hydrogens is 1530 g/mol. The Morgan fingerprint density at radius 1 is 0.438 bits per heavy atom. The first-order chi connectivity index (χ1) is 58.8. The number of H-pyrrole nitrogens is 3. The number of pyridine rings is 3. The summed E-state index contributed by atoms with van der Waals surface area (Å²) in [5, 5.41) is 23.1. The maximum Gasteiger partial charge on any atom is 0.270 e. The Balaban J connectivity index is 0.000000135. The van der Waals surface area contributed by atoms with Crippen molar-refractivity contribution < 1.29 is 33.7 Å². The number of fused-ring (bicyclic) bond motifs is 4. The molecule has 29 heteroatoms. The Bertz CT molecular complexity index is 5760. The molecule has 1 aliphatic carbocycles. The Morgan fingerprint density at radius 3 is 1.26 bits per heavy atom. The van der Waals surface area contributed by atoms with Gasteiger partial charge in [0, 0.05) is 190 Å². The van der Waals surface area contributed by atoms with Crippen LogP contribution in [0.3, 0.4) is 0 Å². The fourth-order valence-corrected chi connectivity index (χ4v) is 15.5. The number of amides is 3. The number of likely N-dealkylation sites (tertiary alicyclic amines) is 1. The standard InChI is InChI=1S/C33H33N7O2.C31H38N8O3.C28H33N7O2/c1-39-15-17-40(18-16-39)32(41)30-20-23-19-24(9-10-27(23)37-30)36-33-35-14-12-28(38-33)29-21-25(11-13-34-29)42-31-8-4-6-22-5-2-3-7-26(22)31;1-37-13-15-39(16-14-37)30(41)29-18-22-17-23(5-6-26(22)35-29)34-31-33-10-8-27(36-31)28-19-25(7-9-32-28)42-21-24(40)20-38-11-3-2-4-12-38;1-28(2,3)18-37-21-7-9-29-24(17-21)23-8-10-30-27(33-23)31-20-5-6-22-19(15-20)16-25(32-22)26(36)35-13-11-34(4)12-14-35/h2-3,5,7,9-14,19-21,31,37H,4,6,8,15-18H2,1H3,(H,35,36,38);5-10,17-19,24,35,40H,2-4,11-16,20-21H2,1H3,(H,33,34,36);5-10,15-17,32H,11-14,18H2,1-4H3,(H,30,31,33). The Hall–Kier alpha value is -12.8. The summed E-state index contributed by atoms with van der Waals surface area (Å²) in [4.78, 5) is 104. The second-order valence-corrected chi connectivity index (χ2v) is 32.9. The van der Waals surface area contributed by atoms with Gasteiger partial charge in [0.25, 0.3) is 17.7 Å². The zero-order valence-electron chi connectivity index (χ0n) is 69.4. The van der Waals surface area contributed by atoms with E-state index in [2.05, 4.69) is 157 Å². The highest BCUT2D eigenvalue weighted by atomic mass is 16.5. The number of piperazine rings is 3. The predicted molar refractivity (Wildman–Crippen MR) is 470 cm³/mol. The van der Waals surface area contributed by atoms with Crippen LogP contribution in [0, 0.1) is 5.41 Å². The minimum Gasteiger partial charge on any atom is -0.493 e. The first-order valence-electron chi connectivity index (χ1n) is 41.7. The van der Waals surface area contributed by atoms with Crippen LogP contribution in [-0.2, 0) is 6.42 Å². The summed E-state index contributed by atoms with van der Waals surface area (Å²) in [6.07, 6.45) is 16.6. The lowest BCUT2D eigenvalue weighted by atomic mass is 9.89. The Morgan fingerprint density at radius 2 is 0.835 bits per heavy atom. The molecule has 2 atom stereocenters. The summed E-state index contributed by atoms with van der Waals surface area (Å²) < 4.78 is 18.3. The maximum atomic E-state index is 13.0. The molecule has 29 nitrogen and oxygen atoms in total. The lowest BCUT2D eigenvalue weighted by Gasteiger charge is -2.32. The highest BCUT2D eigenvalue weighted by molar-refractivity contribution is 6.01. The molecule has 3 amide bonds. The van der Waals surface area contributed by atoms with Crippen molar-refractivity contribution in [2.75, 3.05) is 148 Å². The van der Waals surface area contributed by atoms with Crippen molar-refractivity contribution in [3.8, 4) is 51.4 Å². The van der Waals surface area contributed by atoms with Crippen LogP contribution in [0.25, 0.3) is 66.9 Å². The van der Waals surface area contributed by atoms with Gasteiger partial charge < -0.3 is 84.5 Å². The van der Waals surface area contributed by atoms with Gasteiger partial charge in [-0.2, -0.15) is 0 Å². The quantitative estimate of drug-likeness (QED) is 0.0351. The fourth-order valence-electron chi connectivity index (χ4n) is 15.5. The molecule has 624 valence electrons. The fraction of sp³-hybridized carbons (Fsp3) is 0.348. The van der Waals surface area contributed by atoms with Crippen molar-refractivity contribution >= 4 is 85.3 Å². The molecule has 18 rings (SSSR count). The number of benzene rings is 4. The second-order valence-electron chi connectivity index (χ2n) is 32.9. The van der Waals surface area contributed by atoms with Gasteiger partial charge in [0.15, 0.2) is 0 Å². The molecule has 121 heavy (non-hydrogen) atoms. The van der Waals surface area contributed by atoms with E-state index in [0.717, 1.165) is 178 Å². The summed E-state index contributed by atoms with van der Waals surface area (Å²) in [7, 11) is 6.23. The van der Waals surface area contributed by atoms with E-state index in [0.29, 0.717) is 82.3 Å². The van der Waals surface area contributed by atoms with Gasteiger partial charge in [-0.25, -0.2) is 29.9 Å². The average molecular weight is 1630 g/mol. The third-order valence-corrected chi connectivity index (χ3v) is 22.3. The molecule has 13 heterocycles. The first kappa shape index (κ1) is 81.9. The summed E-state index contributed by atoms with van der Waals surface area (Å²) in [6, 6.07) is 48.6. The van der Waals surface area contributed by atoms with Crippen LogP contribution in [0.15, 0.2) is 189 Å². The van der Waals surface area contributed by atoms with Gasteiger partial charge in [0.05, 0.1) is 40.8 Å². The maximum absolute atomic E-state index is 13.0. The number of aliphatic hydroxyl groups excluding tert-OH is 1. The predicted octanol–water partition coefficient (Wildman–Crippen LogP) is 13.6. The topological polar surface area (TPSA) is 321 Å². The number of aromatic nitrogens is 12. The van der Waals surface area contributed by atoms with Crippen LogP contribution < -0.4 is 30.2 Å². The number of carbonyl (C=O) groups excluding carboxylic acids is 3. The number of β-amino-alcohol motifs (C(OH)–C–C–N with tert-alkyl or cyclic N) is 1. The van der Waals surface area contributed by atoms with E-state index >= 15 is 0 Å². The SMILES string of the molecule is CN1CCN(C(=O)c2cc3cc(Nc4nccc(-c5cc(OC6CCCc7ccccc76)ccn5)n4)ccc3[nH]2)CC1.CN1CCN(C(=O)c2cc3cc(Nc4nccc(-c5cc(OCC(C)(C)C)ccn5)n4)ccc3[nH]2)CC1.CN1CCN(C(=O)c2cc3cc(Nc4nccc(-c5cc(OCC(O)CN6CCCCC6)ccn5)n4)ccc3[nH]2)CC1. The van der Waals surface area contributed by atoms with Crippen molar-refractivity contribution in [1.82, 2.24) is 94.1 Å². The third kappa shape index (κ3) is 21.3. The highest BCUT2D eigenvalue weighted by Crippen LogP contribution is 2.36. The molecule has 5 aliphatic rings. The van der Waals surface area contributed by atoms with Gasteiger partial charge in [-0.1, -0.05) is 51.5 Å². The number of nitrogens with zero attached hydrogens (tertiary/aromatic N) is 16. The number of piperidine rings is 1. The van der Waals surface area contributed by atoms with E-state index in [1.807, 2.05) is 130 Å². The zero-order valence-corrected chi connectivity index (χ0v) is 69.4. The van der Waals surface area contributed by atoms with E-state index in [4.69, 9.17) is 19.2 Å². The number of aryl methyl sites for hydroxylation is 1. The van der Waals surface area contributed by atoms with Gasteiger partial charge in [-0.05, 0) is 192 Å². The van der Waals surface area contributed by atoms with Crippen molar-refractivity contribution in [2.45, 2.75) is 71.5 Å². The van der Waals surface area contributed by atoms with Crippen LogP contribution in [0.1, 0.15) is 102 Å². The van der Waals surface area contributed by atoms with Crippen LogP contribution >= 0.6 is 0 Å². The number of aliphatic hydroxyl groups is 1. The number of rotatable bonds is 21. The van der Waals surface area contributed by atoms with E-state index < -0.39 is 6.10 Å². The number of likely N-dealkylation sites (N-methyl/N-ethyl adjacent to an activating group) is 3. The van der Waals surface area contributed by atoms with Crippen LogP contribution in [-0.4, -0.2) is 256 Å². The number of hydrogen-bond acceptors (Lipinski definition) is 23. The second kappa shape index (κ2) is 37.7. The average Bonchev–Trinajstić information content (AvgIpc) is 1.18. The van der Waals surface area contributed by atoms with Gasteiger partial charge in [0.2, 0.25) is 17.8 Å². The van der Waals surface area contributed by atoms with E-state index in [1.54, 1.807) is 49.3 Å². The zero-order chi connectivity index (χ0) is 83.4.